The number of anilines is 1. The number of nitrogens with zero attached hydrogens (tertiary/aromatic N) is 3. The lowest BCUT2D eigenvalue weighted by Crippen LogP contribution is -2.42. The fourth-order valence-corrected chi connectivity index (χ4v) is 2.55. The van der Waals surface area contributed by atoms with E-state index in [9.17, 15) is 4.79 Å². The lowest BCUT2D eigenvalue weighted by atomic mass is 10.1. The number of hydrogen-bond donors (Lipinski definition) is 1. The van der Waals surface area contributed by atoms with Gasteiger partial charge in [0.05, 0.1) is 26.0 Å². The van der Waals surface area contributed by atoms with Crippen molar-refractivity contribution in [1.82, 2.24) is 14.9 Å². The molecule has 23 heavy (non-hydrogen) atoms. The van der Waals surface area contributed by atoms with E-state index in [-0.39, 0.29) is 12.0 Å². The van der Waals surface area contributed by atoms with Gasteiger partial charge in [0.15, 0.2) is 0 Å². The second-order valence-corrected chi connectivity index (χ2v) is 5.16. The van der Waals surface area contributed by atoms with Crippen molar-refractivity contribution in [2.45, 2.75) is 6.10 Å². The molecule has 120 valence electrons. The highest BCUT2D eigenvalue weighted by Crippen LogP contribution is 2.24. The van der Waals surface area contributed by atoms with Gasteiger partial charge in [0.1, 0.15) is 17.5 Å². The first kappa shape index (κ1) is 15.2. The Morgan fingerprint density at radius 1 is 1.39 bits per heavy atom. The van der Waals surface area contributed by atoms with E-state index in [1.165, 1.54) is 7.11 Å². The molecule has 1 aliphatic heterocycles. The van der Waals surface area contributed by atoms with Gasteiger partial charge in [0.2, 0.25) is 5.88 Å². The summed E-state index contributed by atoms with van der Waals surface area (Å²) in [6.45, 7) is 1.36. The average Bonchev–Trinajstić information content (AvgIpc) is 2.61. The molecular weight excluding hydrogens is 296 g/mol. The molecule has 7 nitrogen and oxygen atoms in total. The van der Waals surface area contributed by atoms with Gasteiger partial charge >= 0.3 is 0 Å². The second-order valence-electron chi connectivity index (χ2n) is 5.16. The number of aromatic nitrogens is 2. The molecule has 1 fully saturated rings. The molecule has 2 N–H and O–H groups in total. The Balaban J connectivity index is 1.79. The summed E-state index contributed by atoms with van der Waals surface area (Å²) >= 11 is 0. The average molecular weight is 314 g/mol. The maximum Gasteiger partial charge on any atom is 0.259 e. The standard InChI is InChI=1S/C16H18N4O3/c1-22-15-11(4-3-7-18-15)16(21)20-8-9-23-13(10-20)12-5-2-6-14(17)19-12/h2-7,13H,8-10H2,1H3,(H2,17,19)/t13-/m1/s1. The minimum Gasteiger partial charge on any atom is -0.480 e. The molecule has 0 radical (unpaired) electrons. The normalized spacial score (nSPS) is 17.8. The number of pyridine rings is 2. The van der Waals surface area contributed by atoms with Crippen LogP contribution in [0, 0.1) is 0 Å². The molecule has 3 heterocycles. The largest absolute Gasteiger partial charge is 0.480 e. The highest BCUT2D eigenvalue weighted by atomic mass is 16.5. The van der Waals surface area contributed by atoms with Gasteiger partial charge in [-0.25, -0.2) is 9.97 Å². The van der Waals surface area contributed by atoms with Gasteiger partial charge in [-0.3, -0.25) is 4.79 Å². The highest BCUT2D eigenvalue weighted by molar-refractivity contribution is 5.96. The molecule has 0 bridgehead atoms. The van der Waals surface area contributed by atoms with Crippen LogP contribution in [-0.4, -0.2) is 47.6 Å². The molecule has 0 unspecified atom stereocenters. The maximum absolute atomic E-state index is 12.7. The Bertz CT molecular complexity index is 707. The fraction of sp³-hybridized carbons (Fsp3) is 0.312. The maximum atomic E-state index is 12.7. The predicted molar refractivity (Wildman–Crippen MR) is 84.0 cm³/mol. The summed E-state index contributed by atoms with van der Waals surface area (Å²) in [5.74, 6) is 0.623. The van der Waals surface area contributed by atoms with Crippen LogP contribution < -0.4 is 10.5 Å². The minimum absolute atomic E-state index is 0.132. The van der Waals surface area contributed by atoms with Crippen molar-refractivity contribution in [2.24, 2.45) is 0 Å². The van der Waals surface area contributed by atoms with Crippen LogP contribution in [0.25, 0.3) is 0 Å². The zero-order valence-electron chi connectivity index (χ0n) is 12.8. The summed E-state index contributed by atoms with van der Waals surface area (Å²) < 4.78 is 10.9. The van der Waals surface area contributed by atoms with E-state index in [2.05, 4.69) is 9.97 Å². The summed E-state index contributed by atoms with van der Waals surface area (Å²) in [6.07, 6.45) is 1.30. The predicted octanol–water partition coefficient (Wildman–Crippen LogP) is 1.28. The lowest BCUT2D eigenvalue weighted by Gasteiger charge is -2.32. The Hall–Kier alpha value is -2.67. The number of nitrogen functional groups attached to an aromatic ring is 1. The van der Waals surface area contributed by atoms with Gasteiger partial charge in [-0.2, -0.15) is 0 Å². The van der Waals surface area contributed by atoms with Crippen molar-refractivity contribution in [1.29, 1.82) is 0 Å². The van der Waals surface area contributed by atoms with Crippen molar-refractivity contribution in [3.63, 3.8) is 0 Å². The first-order valence-corrected chi connectivity index (χ1v) is 7.31. The van der Waals surface area contributed by atoms with E-state index in [1.54, 1.807) is 29.3 Å². The summed E-state index contributed by atoms with van der Waals surface area (Å²) in [7, 11) is 1.50. The van der Waals surface area contributed by atoms with Gasteiger partial charge in [-0.1, -0.05) is 6.07 Å². The summed E-state index contributed by atoms with van der Waals surface area (Å²) in [5, 5.41) is 0. The molecule has 1 saturated heterocycles. The van der Waals surface area contributed by atoms with Gasteiger partial charge < -0.3 is 20.1 Å². The van der Waals surface area contributed by atoms with Crippen molar-refractivity contribution < 1.29 is 14.3 Å². The van der Waals surface area contributed by atoms with E-state index < -0.39 is 0 Å². The molecule has 0 saturated carbocycles. The minimum atomic E-state index is -0.293. The molecule has 2 aromatic rings. The molecule has 7 heteroatoms. The Morgan fingerprint density at radius 2 is 2.26 bits per heavy atom. The van der Waals surface area contributed by atoms with Gasteiger partial charge in [-0.15, -0.1) is 0 Å². The number of hydrogen-bond acceptors (Lipinski definition) is 6. The number of nitrogens with two attached hydrogens (primary N) is 1. The topological polar surface area (TPSA) is 90.6 Å². The Labute approximate surface area is 134 Å². The zero-order valence-corrected chi connectivity index (χ0v) is 12.8. The Kier molecular flexibility index (Phi) is 4.38. The van der Waals surface area contributed by atoms with E-state index in [0.29, 0.717) is 37.0 Å². The molecule has 1 atom stereocenters. The van der Waals surface area contributed by atoms with Gasteiger partial charge in [-0.05, 0) is 24.3 Å². The number of morpholine rings is 1. The molecule has 3 rings (SSSR count). The van der Waals surface area contributed by atoms with Crippen molar-refractivity contribution in [2.75, 3.05) is 32.5 Å². The molecule has 1 amide bonds. The molecule has 2 aromatic heterocycles. The van der Waals surface area contributed by atoms with Crippen molar-refractivity contribution in [3.8, 4) is 5.88 Å². The smallest absolute Gasteiger partial charge is 0.259 e. The van der Waals surface area contributed by atoms with Crippen LogP contribution in [0.1, 0.15) is 22.2 Å². The molecular formula is C16H18N4O3. The van der Waals surface area contributed by atoms with E-state index in [4.69, 9.17) is 15.2 Å². The van der Waals surface area contributed by atoms with Crippen LogP contribution in [-0.2, 0) is 4.74 Å². The number of methoxy groups -OCH3 is 1. The fourth-order valence-electron chi connectivity index (χ4n) is 2.55. The quantitative estimate of drug-likeness (QED) is 0.918. The third kappa shape index (κ3) is 3.24. The van der Waals surface area contributed by atoms with Crippen LogP contribution in [0.5, 0.6) is 5.88 Å². The number of amides is 1. The number of rotatable bonds is 3. The van der Waals surface area contributed by atoms with Crippen LogP contribution in [0.4, 0.5) is 5.82 Å². The van der Waals surface area contributed by atoms with E-state index in [1.807, 2.05) is 12.1 Å². The molecule has 0 aromatic carbocycles. The van der Waals surface area contributed by atoms with Crippen molar-refractivity contribution in [3.05, 3.63) is 47.8 Å². The summed E-state index contributed by atoms with van der Waals surface area (Å²) in [5.41, 5.74) is 6.88. The molecule has 0 spiro atoms. The number of carbonyl (C=O) groups excluding carboxylic acids is 1. The SMILES string of the molecule is COc1ncccc1C(=O)N1CCO[C@@H](c2cccc(N)n2)C1. The summed E-state index contributed by atoms with van der Waals surface area (Å²) in [4.78, 5) is 22.8. The first-order valence-electron chi connectivity index (χ1n) is 7.31. The van der Waals surface area contributed by atoms with Crippen LogP contribution in [0.3, 0.4) is 0 Å². The molecule has 0 aliphatic carbocycles. The Morgan fingerprint density at radius 3 is 3.04 bits per heavy atom. The third-order valence-corrected chi connectivity index (χ3v) is 3.67. The number of carbonyl (C=O) groups is 1. The van der Waals surface area contributed by atoms with E-state index >= 15 is 0 Å². The number of ether oxygens (including phenoxy) is 2. The van der Waals surface area contributed by atoms with Crippen LogP contribution in [0.2, 0.25) is 0 Å². The molecule has 1 aliphatic rings. The van der Waals surface area contributed by atoms with Crippen LogP contribution >= 0.6 is 0 Å². The lowest BCUT2D eigenvalue weighted by molar-refractivity contribution is -0.0247. The summed E-state index contributed by atoms with van der Waals surface area (Å²) in [6, 6.07) is 8.81. The highest BCUT2D eigenvalue weighted by Gasteiger charge is 2.28. The van der Waals surface area contributed by atoms with Gasteiger partial charge in [0, 0.05) is 12.7 Å². The van der Waals surface area contributed by atoms with E-state index in [0.717, 1.165) is 5.69 Å². The second kappa shape index (κ2) is 6.62. The zero-order chi connectivity index (χ0) is 16.2. The monoisotopic (exact) mass is 314 g/mol. The van der Waals surface area contributed by atoms with Gasteiger partial charge in [0.25, 0.3) is 5.91 Å². The van der Waals surface area contributed by atoms with Crippen molar-refractivity contribution >= 4 is 11.7 Å². The third-order valence-electron chi connectivity index (χ3n) is 3.67. The first-order chi connectivity index (χ1) is 11.2. The van der Waals surface area contributed by atoms with Crippen LogP contribution in [0.15, 0.2) is 36.5 Å².